The first-order chi connectivity index (χ1) is 12.4. The lowest BCUT2D eigenvalue weighted by Gasteiger charge is -2.31. The van der Waals surface area contributed by atoms with Gasteiger partial charge in [-0.3, -0.25) is 4.79 Å². The van der Waals surface area contributed by atoms with Crippen LogP contribution in [0.3, 0.4) is 0 Å². The Morgan fingerprint density at radius 3 is 2.85 bits per heavy atom. The van der Waals surface area contributed by atoms with Gasteiger partial charge in [0.25, 0.3) is 0 Å². The number of carbonyl (C=O) groups is 1. The molecule has 2 aromatic heterocycles. The zero-order chi connectivity index (χ0) is 18.6. The highest BCUT2D eigenvalue weighted by Gasteiger charge is 2.32. The lowest BCUT2D eigenvalue weighted by molar-refractivity contribution is 0.0694. The van der Waals surface area contributed by atoms with Gasteiger partial charge in [-0.2, -0.15) is 0 Å². The van der Waals surface area contributed by atoms with Crippen molar-refractivity contribution in [1.29, 1.82) is 0 Å². The zero-order valence-electron chi connectivity index (χ0n) is 14.3. The molecule has 0 saturated carbocycles. The maximum atomic E-state index is 12.3. The highest BCUT2D eigenvalue weighted by atomic mass is 16.4. The van der Waals surface area contributed by atoms with E-state index < -0.39 is 11.4 Å². The topological polar surface area (TPSA) is 76.8 Å². The van der Waals surface area contributed by atoms with Gasteiger partial charge in [0.1, 0.15) is 11.1 Å². The van der Waals surface area contributed by atoms with E-state index in [1.807, 2.05) is 16.7 Å². The van der Waals surface area contributed by atoms with E-state index in [2.05, 4.69) is 18.7 Å². The summed E-state index contributed by atoms with van der Waals surface area (Å²) in [5, 5.41) is 10.2. The number of furan rings is 1. The van der Waals surface area contributed by atoms with Crippen molar-refractivity contribution in [3.8, 4) is 11.5 Å². The molecule has 1 aliphatic rings. The Balaban J connectivity index is 2.09. The molecule has 1 aliphatic heterocycles. The van der Waals surface area contributed by atoms with Gasteiger partial charge in [0.05, 0.1) is 12.3 Å². The van der Waals surface area contributed by atoms with Crippen LogP contribution in [0.15, 0.2) is 39.7 Å². The second-order valence-electron chi connectivity index (χ2n) is 6.84. The summed E-state index contributed by atoms with van der Waals surface area (Å²) >= 11 is 0. The van der Waals surface area contributed by atoms with E-state index in [4.69, 9.17) is 11.0 Å². The van der Waals surface area contributed by atoms with Crippen LogP contribution in [-0.2, 0) is 6.42 Å². The average Bonchev–Trinajstić information content (AvgIpc) is 2.99. The van der Waals surface area contributed by atoms with Crippen LogP contribution in [0.25, 0.3) is 27.3 Å². The molecule has 6 nitrogen and oxygen atoms in total. The molecule has 130 valence electrons. The average molecular weight is 348 g/mol. The number of rotatable bonds is 2. The van der Waals surface area contributed by atoms with Crippen molar-refractivity contribution in [2.24, 2.45) is 5.92 Å². The van der Waals surface area contributed by atoms with Crippen molar-refractivity contribution < 1.29 is 14.3 Å². The Hall–Kier alpha value is -3.33. The minimum absolute atomic E-state index is 0.00593. The number of nitrogens with zero attached hydrogens (tertiary/aromatic N) is 2. The van der Waals surface area contributed by atoms with Gasteiger partial charge in [-0.05, 0) is 12.3 Å². The number of benzene rings is 1. The SMILES string of the molecule is [C-]#[N+]c1cccc2c3c(oc12)-c1cc(=O)c(C(=O)O)cn1[C@H](C(C)C)C3. The van der Waals surface area contributed by atoms with Crippen LogP contribution in [0.5, 0.6) is 0 Å². The predicted molar refractivity (Wildman–Crippen MR) is 96.7 cm³/mol. The standard InChI is InChI=1S/C20H16N2O4/c1-10(2)15-7-12-11-5-4-6-14(21-3)18(11)26-19(12)16-8-17(23)13(20(24)25)9-22(15)16/h4-6,8-10,15H,7H2,1-2H3,(H,24,25)/t15-/m0/s1. The Morgan fingerprint density at radius 2 is 2.19 bits per heavy atom. The lowest BCUT2D eigenvalue weighted by atomic mass is 9.89. The van der Waals surface area contributed by atoms with Crippen LogP contribution in [0.4, 0.5) is 5.69 Å². The molecule has 0 aliphatic carbocycles. The summed E-state index contributed by atoms with van der Waals surface area (Å²) in [5.74, 6) is -0.472. The van der Waals surface area contributed by atoms with Gasteiger partial charge in [0.15, 0.2) is 11.2 Å². The molecule has 0 bridgehead atoms. The van der Waals surface area contributed by atoms with E-state index in [0.29, 0.717) is 29.1 Å². The number of carboxylic acids is 1. The van der Waals surface area contributed by atoms with Crippen LogP contribution in [0.2, 0.25) is 0 Å². The van der Waals surface area contributed by atoms with Crippen molar-refractivity contribution in [3.63, 3.8) is 0 Å². The monoisotopic (exact) mass is 348 g/mol. The third-order valence-corrected chi connectivity index (χ3v) is 5.00. The molecule has 0 saturated heterocycles. The summed E-state index contributed by atoms with van der Waals surface area (Å²) in [6.45, 7) is 11.5. The van der Waals surface area contributed by atoms with Crippen LogP contribution in [-0.4, -0.2) is 15.6 Å². The summed E-state index contributed by atoms with van der Waals surface area (Å²) in [5.41, 5.74) is 1.66. The number of aromatic carboxylic acids is 1. The summed E-state index contributed by atoms with van der Waals surface area (Å²) < 4.78 is 7.83. The summed E-state index contributed by atoms with van der Waals surface area (Å²) in [6.07, 6.45) is 2.06. The van der Waals surface area contributed by atoms with Gasteiger partial charge in [-0.25, -0.2) is 9.64 Å². The Labute approximate surface area is 149 Å². The van der Waals surface area contributed by atoms with Crippen LogP contribution >= 0.6 is 0 Å². The van der Waals surface area contributed by atoms with Gasteiger partial charge in [-0.1, -0.05) is 32.0 Å². The maximum Gasteiger partial charge on any atom is 0.341 e. The molecule has 26 heavy (non-hydrogen) atoms. The largest absolute Gasteiger partial charge is 0.477 e. The summed E-state index contributed by atoms with van der Waals surface area (Å²) in [6, 6.07) is 6.77. The van der Waals surface area contributed by atoms with Gasteiger partial charge in [0, 0.05) is 29.3 Å². The van der Waals surface area contributed by atoms with E-state index in [9.17, 15) is 14.7 Å². The van der Waals surface area contributed by atoms with Crippen molar-refractivity contribution in [3.05, 3.63) is 63.2 Å². The molecule has 1 aromatic carbocycles. The van der Waals surface area contributed by atoms with Crippen LogP contribution in [0.1, 0.15) is 35.8 Å². The molecule has 6 heteroatoms. The van der Waals surface area contributed by atoms with E-state index in [0.717, 1.165) is 10.9 Å². The zero-order valence-corrected chi connectivity index (χ0v) is 14.3. The molecule has 4 rings (SSSR count). The van der Waals surface area contributed by atoms with E-state index in [-0.39, 0.29) is 17.5 Å². The first-order valence-electron chi connectivity index (χ1n) is 8.34. The molecule has 0 unspecified atom stereocenters. The van der Waals surface area contributed by atoms with E-state index in [1.54, 1.807) is 6.07 Å². The smallest absolute Gasteiger partial charge is 0.341 e. The molecule has 1 atom stereocenters. The quantitative estimate of drug-likeness (QED) is 0.702. The second-order valence-corrected chi connectivity index (χ2v) is 6.84. The number of aromatic nitrogens is 1. The third kappa shape index (κ3) is 2.17. The molecule has 3 heterocycles. The molecule has 0 radical (unpaired) electrons. The third-order valence-electron chi connectivity index (χ3n) is 5.00. The molecule has 3 aromatic rings. The highest BCUT2D eigenvalue weighted by molar-refractivity contribution is 5.96. The maximum absolute atomic E-state index is 12.3. The first-order valence-corrected chi connectivity index (χ1v) is 8.34. The Kier molecular flexibility index (Phi) is 3.48. The van der Waals surface area contributed by atoms with Gasteiger partial charge in [-0.15, -0.1) is 0 Å². The lowest BCUT2D eigenvalue weighted by Crippen LogP contribution is -2.27. The second kappa shape index (κ2) is 5.60. The molecule has 1 N–H and O–H groups in total. The number of fused-ring (bicyclic) bond motifs is 5. The van der Waals surface area contributed by atoms with Gasteiger partial charge in [0.2, 0.25) is 5.69 Å². The summed E-state index contributed by atoms with van der Waals surface area (Å²) in [4.78, 5) is 27.2. The van der Waals surface area contributed by atoms with E-state index in [1.165, 1.54) is 12.3 Å². The number of hydrogen-bond acceptors (Lipinski definition) is 3. The van der Waals surface area contributed by atoms with E-state index >= 15 is 0 Å². The minimum Gasteiger partial charge on any atom is -0.477 e. The molecular weight excluding hydrogens is 332 g/mol. The fraction of sp³-hybridized carbons (Fsp3) is 0.250. The fourth-order valence-corrected chi connectivity index (χ4v) is 3.68. The van der Waals surface area contributed by atoms with Crippen molar-refractivity contribution in [1.82, 2.24) is 4.57 Å². The van der Waals surface area contributed by atoms with Gasteiger partial charge >= 0.3 is 5.97 Å². The normalized spacial score (nSPS) is 15.5. The number of para-hydroxylation sites is 1. The van der Waals surface area contributed by atoms with Crippen molar-refractivity contribution >= 4 is 22.6 Å². The summed E-state index contributed by atoms with van der Waals surface area (Å²) in [7, 11) is 0. The number of hydrogen-bond donors (Lipinski definition) is 1. The number of pyridine rings is 1. The molecule has 0 spiro atoms. The van der Waals surface area contributed by atoms with Crippen molar-refractivity contribution in [2.45, 2.75) is 26.3 Å². The fourth-order valence-electron chi connectivity index (χ4n) is 3.68. The van der Waals surface area contributed by atoms with Gasteiger partial charge < -0.3 is 14.1 Å². The molecule has 0 fully saturated rings. The minimum atomic E-state index is -1.24. The Morgan fingerprint density at radius 1 is 1.42 bits per heavy atom. The highest BCUT2D eigenvalue weighted by Crippen LogP contribution is 2.44. The van der Waals surface area contributed by atoms with Crippen molar-refractivity contribution in [2.75, 3.05) is 0 Å². The first kappa shape index (κ1) is 16.2. The Bertz CT molecular complexity index is 1160. The molecule has 0 amide bonds. The van der Waals surface area contributed by atoms with Crippen LogP contribution in [0, 0.1) is 12.5 Å². The van der Waals surface area contributed by atoms with Crippen LogP contribution < -0.4 is 5.43 Å². The molecular formula is C20H16N2O4. The predicted octanol–water partition coefficient (Wildman–Crippen LogP) is 4.26. The number of carboxylic acid groups (broad SMARTS) is 1.